The molecule has 4 atom stereocenters. The number of carbonyl (C=O) groups is 9. The van der Waals surface area contributed by atoms with Gasteiger partial charge in [-0.05, 0) is 51.9 Å². The lowest BCUT2D eigenvalue weighted by Gasteiger charge is -2.18. The number of ketones is 1. The molecule has 54 heavy (non-hydrogen) atoms. The van der Waals surface area contributed by atoms with Crippen LogP contribution in [0.2, 0.25) is 0 Å². The number of carboxylic acids is 4. The van der Waals surface area contributed by atoms with Crippen LogP contribution in [0, 0.1) is 5.92 Å². The van der Waals surface area contributed by atoms with Crippen molar-refractivity contribution in [2.24, 2.45) is 5.92 Å². The maximum Gasteiger partial charge on any atom is 0.326 e. The van der Waals surface area contributed by atoms with E-state index in [1.54, 1.807) is 0 Å². The van der Waals surface area contributed by atoms with Crippen molar-refractivity contribution in [3.05, 3.63) is 0 Å². The van der Waals surface area contributed by atoms with E-state index < -0.39 is 84.9 Å². The number of aliphatic carboxylic acids is 4. The fourth-order valence-electron chi connectivity index (χ4n) is 5.47. The van der Waals surface area contributed by atoms with Gasteiger partial charge in [0.2, 0.25) is 23.6 Å². The third-order valence-corrected chi connectivity index (χ3v) is 9.00. The molecule has 308 valence electrons. The lowest BCUT2D eigenvalue weighted by Crippen LogP contribution is -2.45. The van der Waals surface area contributed by atoms with Gasteiger partial charge in [0.25, 0.3) is 0 Å². The van der Waals surface area contributed by atoms with Crippen LogP contribution in [0.15, 0.2) is 0 Å². The van der Waals surface area contributed by atoms with Crippen LogP contribution in [0.5, 0.6) is 0 Å². The van der Waals surface area contributed by atoms with Crippen molar-refractivity contribution in [1.82, 2.24) is 21.3 Å². The van der Waals surface area contributed by atoms with Gasteiger partial charge >= 0.3 is 23.9 Å². The Morgan fingerprint density at radius 3 is 1.15 bits per heavy atom. The van der Waals surface area contributed by atoms with Gasteiger partial charge in [-0.2, -0.15) is 0 Å². The molecule has 8 N–H and O–H groups in total. The molecule has 0 heterocycles. The van der Waals surface area contributed by atoms with Gasteiger partial charge in [-0.3, -0.25) is 28.8 Å². The molecule has 0 fully saturated rings. The molecule has 0 aliphatic heterocycles. The zero-order valence-electron chi connectivity index (χ0n) is 31.8. The summed E-state index contributed by atoms with van der Waals surface area (Å²) in [6.45, 7) is 3.70. The number of rotatable bonds is 34. The van der Waals surface area contributed by atoms with Crippen LogP contribution in [-0.4, -0.2) is 98.4 Å². The zero-order valence-corrected chi connectivity index (χ0v) is 31.8. The summed E-state index contributed by atoms with van der Waals surface area (Å²) in [4.78, 5) is 106. The van der Waals surface area contributed by atoms with Crippen LogP contribution < -0.4 is 21.3 Å². The molecule has 0 radical (unpaired) electrons. The molecule has 0 saturated heterocycles. The fraction of sp³-hybridized carbons (Fsp3) is 0.757. The molecule has 0 spiro atoms. The van der Waals surface area contributed by atoms with Crippen LogP contribution in [0.25, 0.3) is 0 Å². The molecule has 0 aliphatic carbocycles. The van der Waals surface area contributed by atoms with E-state index in [4.69, 9.17) is 5.11 Å². The number of Topliss-reactive ketones (excluding diaryl/α,β-unsaturated/α-hetero) is 1. The Morgan fingerprint density at radius 1 is 0.426 bits per heavy atom. The number of nitrogens with one attached hydrogen (secondary N) is 4. The van der Waals surface area contributed by atoms with Crippen molar-refractivity contribution in [3.8, 4) is 0 Å². The molecule has 17 heteroatoms. The monoisotopic (exact) mass is 770 g/mol. The molecule has 0 rings (SSSR count). The topological polar surface area (TPSA) is 283 Å². The smallest absolute Gasteiger partial charge is 0.326 e. The zero-order chi connectivity index (χ0) is 40.9. The Kier molecular flexibility index (Phi) is 27.3. The highest BCUT2D eigenvalue weighted by atomic mass is 16.4. The molecule has 0 saturated carbocycles. The van der Waals surface area contributed by atoms with E-state index in [2.05, 4.69) is 21.3 Å². The second kappa shape index (κ2) is 29.8. The van der Waals surface area contributed by atoms with E-state index in [0.717, 1.165) is 57.8 Å². The second-order valence-electron chi connectivity index (χ2n) is 13.8. The van der Waals surface area contributed by atoms with Crippen molar-refractivity contribution in [3.63, 3.8) is 0 Å². The number of hydrogen-bond acceptors (Lipinski definition) is 9. The van der Waals surface area contributed by atoms with Crippen LogP contribution in [0.4, 0.5) is 0 Å². The summed E-state index contributed by atoms with van der Waals surface area (Å²) in [6.07, 6.45) is 9.45. The SMILES string of the molecule is CC(=O)[C@@H](C)CCCCNC(=O)CC[C@H](NC(=O)CC[C@H](NC(=O)CC[C@H](NC(=O)CCCCCCCCCCCCC(=O)O)C(=O)O)C(=O)O)C(=O)O. The molecule has 0 aliphatic rings. The lowest BCUT2D eigenvalue weighted by molar-refractivity contribution is -0.144. The summed E-state index contributed by atoms with van der Waals surface area (Å²) in [7, 11) is 0. The van der Waals surface area contributed by atoms with E-state index in [-0.39, 0.29) is 43.8 Å². The third kappa shape index (κ3) is 27.1. The first-order chi connectivity index (χ1) is 25.5. The van der Waals surface area contributed by atoms with Crippen LogP contribution in [0.3, 0.4) is 0 Å². The largest absolute Gasteiger partial charge is 0.481 e. The summed E-state index contributed by atoms with van der Waals surface area (Å²) >= 11 is 0. The molecule has 0 aromatic heterocycles. The third-order valence-electron chi connectivity index (χ3n) is 9.00. The van der Waals surface area contributed by atoms with Crippen molar-refractivity contribution < 1.29 is 63.6 Å². The van der Waals surface area contributed by atoms with E-state index in [0.29, 0.717) is 32.2 Å². The highest BCUT2D eigenvalue weighted by Crippen LogP contribution is 2.13. The predicted octanol–water partition coefficient (Wildman–Crippen LogP) is 3.31. The molecule has 17 nitrogen and oxygen atoms in total. The molecule has 0 unspecified atom stereocenters. The summed E-state index contributed by atoms with van der Waals surface area (Å²) in [5.41, 5.74) is 0. The Labute approximate surface area is 317 Å². The minimum absolute atomic E-state index is 0.0601. The quantitative estimate of drug-likeness (QED) is 0.0437. The van der Waals surface area contributed by atoms with Gasteiger partial charge in [0.05, 0.1) is 0 Å². The molecular formula is C37H62N4O13. The first-order valence-electron chi connectivity index (χ1n) is 19.1. The number of unbranched alkanes of at least 4 members (excludes halogenated alkanes) is 10. The van der Waals surface area contributed by atoms with Crippen molar-refractivity contribution in [2.45, 2.75) is 167 Å². The highest BCUT2D eigenvalue weighted by Gasteiger charge is 2.26. The number of carbonyl (C=O) groups excluding carboxylic acids is 5. The Bertz CT molecular complexity index is 1230. The number of hydrogen-bond donors (Lipinski definition) is 8. The fourth-order valence-corrected chi connectivity index (χ4v) is 5.47. The number of amides is 4. The summed E-state index contributed by atoms with van der Waals surface area (Å²) < 4.78 is 0. The number of carboxylic acid groups (broad SMARTS) is 4. The van der Waals surface area contributed by atoms with Gasteiger partial charge in [-0.1, -0.05) is 64.7 Å². The van der Waals surface area contributed by atoms with Crippen LogP contribution in [0.1, 0.15) is 149 Å². The molecule has 4 amide bonds. The van der Waals surface area contributed by atoms with Crippen molar-refractivity contribution >= 4 is 53.3 Å². The Morgan fingerprint density at radius 2 is 0.778 bits per heavy atom. The van der Waals surface area contributed by atoms with Crippen LogP contribution >= 0.6 is 0 Å². The summed E-state index contributed by atoms with van der Waals surface area (Å²) in [6, 6.07) is -4.31. The molecule has 0 aromatic rings. The summed E-state index contributed by atoms with van der Waals surface area (Å²) in [5.74, 6) is -7.46. The maximum absolute atomic E-state index is 12.5. The first kappa shape index (κ1) is 49.4. The lowest BCUT2D eigenvalue weighted by atomic mass is 10.0. The molecular weight excluding hydrogens is 708 g/mol. The first-order valence-corrected chi connectivity index (χ1v) is 19.1. The standard InChI is InChI=1S/C37H62N4O13/c1-25(26(2)42)15-13-14-24-38-30(43)21-18-27(35(49)50)40-32(45)23-20-29(37(53)54)41-33(46)22-19-28(36(51)52)39-31(44)16-11-9-7-5-3-4-6-8-10-12-17-34(47)48/h25,27-29H,3-24H2,1-2H3,(H,38,43)(H,39,44)(H,40,45)(H,41,46)(H,47,48)(H,49,50)(H,51,52)(H,53,54)/t25-,27-,28-,29-/m0/s1. The molecule has 0 aromatic carbocycles. The molecule has 0 bridgehead atoms. The van der Waals surface area contributed by atoms with Gasteiger partial charge < -0.3 is 41.7 Å². The van der Waals surface area contributed by atoms with E-state index in [9.17, 15) is 58.5 Å². The van der Waals surface area contributed by atoms with Crippen LogP contribution in [-0.2, 0) is 43.2 Å². The van der Waals surface area contributed by atoms with E-state index in [1.165, 1.54) is 6.92 Å². The van der Waals surface area contributed by atoms with Gasteiger partial charge in [0, 0.05) is 44.6 Å². The van der Waals surface area contributed by atoms with Gasteiger partial charge in [0.15, 0.2) is 0 Å². The predicted molar refractivity (Wildman–Crippen MR) is 196 cm³/mol. The average molecular weight is 771 g/mol. The summed E-state index contributed by atoms with van der Waals surface area (Å²) in [5, 5.41) is 46.7. The average Bonchev–Trinajstić information content (AvgIpc) is 3.09. The maximum atomic E-state index is 12.5. The minimum atomic E-state index is -1.53. The minimum Gasteiger partial charge on any atom is -0.481 e. The van der Waals surface area contributed by atoms with Crippen molar-refractivity contribution in [1.29, 1.82) is 0 Å². The van der Waals surface area contributed by atoms with E-state index in [1.807, 2.05) is 6.92 Å². The Balaban J connectivity index is 4.47. The Hall–Kier alpha value is -4.57. The van der Waals surface area contributed by atoms with Gasteiger partial charge in [-0.15, -0.1) is 0 Å². The van der Waals surface area contributed by atoms with Gasteiger partial charge in [-0.25, -0.2) is 14.4 Å². The van der Waals surface area contributed by atoms with Gasteiger partial charge in [0.1, 0.15) is 23.9 Å². The van der Waals surface area contributed by atoms with Crippen molar-refractivity contribution in [2.75, 3.05) is 6.54 Å². The van der Waals surface area contributed by atoms with E-state index >= 15 is 0 Å². The normalized spacial score (nSPS) is 13.1. The highest BCUT2D eigenvalue weighted by molar-refractivity contribution is 5.87. The second-order valence-corrected chi connectivity index (χ2v) is 13.8.